The summed E-state index contributed by atoms with van der Waals surface area (Å²) in [6.07, 6.45) is 0.970. The van der Waals surface area contributed by atoms with Crippen molar-refractivity contribution in [3.8, 4) is 0 Å². The lowest BCUT2D eigenvalue weighted by molar-refractivity contribution is 0.665. The second kappa shape index (κ2) is 5.00. The van der Waals surface area contributed by atoms with Crippen molar-refractivity contribution in [1.82, 2.24) is 9.55 Å². The second-order valence-electron chi connectivity index (χ2n) is 5.36. The molecule has 1 unspecified atom stereocenters. The van der Waals surface area contributed by atoms with Gasteiger partial charge in [0.05, 0.1) is 11.0 Å². The van der Waals surface area contributed by atoms with Crippen LogP contribution in [0.4, 0.5) is 5.69 Å². The summed E-state index contributed by atoms with van der Waals surface area (Å²) in [5.74, 6) is 1.50. The summed E-state index contributed by atoms with van der Waals surface area (Å²) in [5.41, 5.74) is 10.1. The summed E-state index contributed by atoms with van der Waals surface area (Å²) in [6, 6.07) is 16.4. The van der Waals surface area contributed by atoms with Gasteiger partial charge in [-0.05, 0) is 36.2 Å². The van der Waals surface area contributed by atoms with E-state index in [1.165, 1.54) is 11.1 Å². The molecule has 0 amide bonds. The molecule has 0 radical (unpaired) electrons. The molecule has 1 heterocycles. The van der Waals surface area contributed by atoms with Gasteiger partial charge in [-0.3, -0.25) is 0 Å². The Morgan fingerprint density at radius 3 is 2.50 bits per heavy atom. The van der Waals surface area contributed by atoms with E-state index in [9.17, 15) is 0 Å². The summed E-state index contributed by atoms with van der Waals surface area (Å²) in [6.45, 7) is 2.22. The Labute approximate surface area is 119 Å². The number of imidazole rings is 1. The number of fused-ring (bicyclic) bond motifs is 1. The van der Waals surface area contributed by atoms with Gasteiger partial charge in [-0.2, -0.15) is 0 Å². The Hall–Kier alpha value is -2.29. The zero-order valence-electron chi connectivity index (χ0n) is 11.9. The lowest BCUT2D eigenvalue weighted by atomic mass is 10.0. The van der Waals surface area contributed by atoms with Crippen LogP contribution in [-0.2, 0) is 13.5 Å². The zero-order chi connectivity index (χ0) is 14.1. The van der Waals surface area contributed by atoms with Gasteiger partial charge in [0.15, 0.2) is 0 Å². The van der Waals surface area contributed by atoms with E-state index in [0.29, 0.717) is 5.92 Å². The van der Waals surface area contributed by atoms with Crippen molar-refractivity contribution in [3.63, 3.8) is 0 Å². The van der Waals surface area contributed by atoms with E-state index in [1.54, 1.807) is 0 Å². The van der Waals surface area contributed by atoms with Gasteiger partial charge in [-0.15, -0.1) is 0 Å². The fourth-order valence-electron chi connectivity index (χ4n) is 2.70. The first kappa shape index (κ1) is 12.7. The highest BCUT2D eigenvalue weighted by Crippen LogP contribution is 2.24. The molecule has 0 aliphatic carbocycles. The van der Waals surface area contributed by atoms with Gasteiger partial charge in [0.25, 0.3) is 0 Å². The van der Waals surface area contributed by atoms with Gasteiger partial charge >= 0.3 is 0 Å². The lowest BCUT2D eigenvalue weighted by Crippen LogP contribution is -2.06. The minimum absolute atomic E-state index is 0.371. The Balaban J connectivity index is 1.90. The fraction of sp³-hybridized carbons (Fsp3) is 0.235. The highest BCUT2D eigenvalue weighted by Gasteiger charge is 2.14. The van der Waals surface area contributed by atoms with E-state index in [1.807, 2.05) is 18.2 Å². The molecular formula is C17H19N3. The van der Waals surface area contributed by atoms with Gasteiger partial charge in [-0.1, -0.05) is 31.2 Å². The topological polar surface area (TPSA) is 43.8 Å². The maximum absolute atomic E-state index is 5.73. The van der Waals surface area contributed by atoms with Crippen molar-refractivity contribution in [2.24, 2.45) is 7.05 Å². The van der Waals surface area contributed by atoms with Crippen molar-refractivity contribution in [2.75, 3.05) is 5.73 Å². The van der Waals surface area contributed by atoms with Crippen LogP contribution in [0.25, 0.3) is 11.0 Å². The standard InChI is InChI=1S/C17H19N3/c1-12(11-13-7-9-14(18)10-8-13)17-19-15-5-3-4-6-16(15)20(17)2/h3-10,12H,11,18H2,1-2H3. The average molecular weight is 265 g/mol. The Bertz CT molecular complexity index is 726. The van der Waals surface area contributed by atoms with Gasteiger partial charge in [-0.25, -0.2) is 4.98 Å². The third-order valence-corrected chi connectivity index (χ3v) is 3.78. The summed E-state index contributed by atoms with van der Waals surface area (Å²) >= 11 is 0. The van der Waals surface area contributed by atoms with E-state index in [0.717, 1.165) is 23.4 Å². The van der Waals surface area contributed by atoms with E-state index >= 15 is 0 Å². The maximum Gasteiger partial charge on any atom is 0.112 e. The number of benzene rings is 2. The number of para-hydroxylation sites is 2. The predicted octanol–water partition coefficient (Wildman–Crippen LogP) is 3.50. The Morgan fingerprint density at radius 1 is 1.10 bits per heavy atom. The maximum atomic E-state index is 5.73. The number of aromatic nitrogens is 2. The van der Waals surface area contributed by atoms with Crippen LogP contribution in [0.1, 0.15) is 24.2 Å². The second-order valence-corrected chi connectivity index (χ2v) is 5.36. The molecule has 3 heteroatoms. The molecule has 3 rings (SSSR count). The molecule has 20 heavy (non-hydrogen) atoms. The molecule has 0 spiro atoms. The molecule has 2 aromatic carbocycles. The molecule has 3 nitrogen and oxygen atoms in total. The number of aryl methyl sites for hydroxylation is 1. The fourth-order valence-corrected chi connectivity index (χ4v) is 2.70. The minimum Gasteiger partial charge on any atom is -0.399 e. The molecule has 0 fully saturated rings. The molecule has 0 aliphatic heterocycles. The first-order chi connectivity index (χ1) is 9.65. The third kappa shape index (κ3) is 2.27. The molecule has 0 saturated heterocycles. The van der Waals surface area contributed by atoms with Gasteiger partial charge < -0.3 is 10.3 Å². The first-order valence-corrected chi connectivity index (χ1v) is 6.91. The van der Waals surface area contributed by atoms with Crippen LogP contribution in [0.5, 0.6) is 0 Å². The number of rotatable bonds is 3. The normalized spacial score (nSPS) is 12.7. The van der Waals surface area contributed by atoms with Gasteiger partial charge in [0.1, 0.15) is 5.82 Å². The van der Waals surface area contributed by atoms with Crippen molar-refractivity contribution in [2.45, 2.75) is 19.3 Å². The van der Waals surface area contributed by atoms with Crippen LogP contribution in [0.2, 0.25) is 0 Å². The molecule has 1 atom stereocenters. The summed E-state index contributed by atoms with van der Waals surface area (Å²) in [4.78, 5) is 4.76. The average Bonchev–Trinajstić information content (AvgIpc) is 2.79. The lowest BCUT2D eigenvalue weighted by Gasteiger charge is -2.12. The smallest absolute Gasteiger partial charge is 0.112 e. The summed E-state index contributed by atoms with van der Waals surface area (Å²) in [7, 11) is 2.09. The summed E-state index contributed by atoms with van der Waals surface area (Å²) < 4.78 is 2.19. The molecule has 3 aromatic rings. The monoisotopic (exact) mass is 265 g/mol. The number of nitrogens with zero attached hydrogens (tertiary/aromatic N) is 2. The van der Waals surface area contributed by atoms with Crippen LogP contribution < -0.4 is 5.73 Å². The molecule has 2 N–H and O–H groups in total. The zero-order valence-corrected chi connectivity index (χ0v) is 11.9. The van der Waals surface area contributed by atoms with Crippen molar-refractivity contribution >= 4 is 16.7 Å². The van der Waals surface area contributed by atoms with Crippen LogP contribution in [0, 0.1) is 0 Å². The molecular weight excluding hydrogens is 246 g/mol. The minimum atomic E-state index is 0.371. The number of hydrogen-bond acceptors (Lipinski definition) is 2. The summed E-state index contributed by atoms with van der Waals surface area (Å²) in [5, 5.41) is 0. The predicted molar refractivity (Wildman–Crippen MR) is 83.7 cm³/mol. The van der Waals surface area contributed by atoms with E-state index < -0.39 is 0 Å². The Kier molecular flexibility index (Phi) is 3.18. The van der Waals surface area contributed by atoms with Gasteiger partial charge in [0.2, 0.25) is 0 Å². The highest BCUT2D eigenvalue weighted by molar-refractivity contribution is 5.75. The molecule has 1 aromatic heterocycles. The number of nitrogen functional groups attached to an aromatic ring is 1. The van der Waals surface area contributed by atoms with Crippen LogP contribution in [-0.4, -0.2) is 9.55 Å². The van der Waals surface area contributed by atoms with Crippen molar-refractivity contribution in [1.29, 1.82) is 0 Å². The molecule has 0 saturated carbocycles. The number of nitrogens with two attached hydrogens (primary N) is 1. The molecule has 0 bridgehead atoms. The van der Waals surface area contributed by atoms with E-state index in [4.69, 9.17) is 10.7 Å². The van der Waals surface area contributed by atoms with Crippen LogP contribution >= 0.6 is 0 Å². The van der Waals surface area contributed by atoms with Crippen molar-refractivity contribution in [3.05, 3.63) is 59.9 Å². The van der Waals surface area contributed by atoms with E-state index in [-0.39, 0.29) is 0 Å². The van der Waals surface area contributed by atoms with Gasteiger partial charge in [0, 0.05) is 18.7 Å². The SMILES string of the molecule is CC(Cc1ccc(N)cc1)c1nc2ccccc2n1C. The van der Waals surface area contributed by atoms with Crippen LogP contribution in [0.3, 0.4) is 0 Å². The number of hydrogen-bond donors (Lipinski definition) is 1. The largest absolute Gasteiger partial charge is 0.399 e. The third-order valence-electron chi connectivity index (χ3n) is 3.78. The van der Waals surface area contributed by atoms with Crippen molar-refractivity contribution < 1.29 is 0 Å². The molecule has 102 valence electrons. The Morgan fingerprint density at radius 2 is 1.80 bits per heavy atom. The highest BCUT2D eigenvalue weighted by atomic mass is 15.1. The quantitative estimate of drug-likeness (QED) is 0.737. The number of anilines is 1. The van der Waals surface area contributed by atoms with Crippen LogP contribution in [0.15, 0.2) is 48.5 Å². The first-order valence-electron chi connectivity index (χ1n) is 6.91. The van der Waals surface area contributed by atoms with E-state index in [2.05, 4.69) is 48.9 Å². The molecule has 0 aliphatic rings.